The Kier molecular flexibility index (Phi) is 4.42. The molecule has 2 N–H and O–H groups in total. The summed E-state index contributed by atoms with van der Waals surface area (Å²) in [5.41, 5.74) is 6.42. The SMILES string of the molecule is CCC1CCCN(S(=O)(=O)c2cc(CN)cs2)C1. The number of nitrogens with two attached hydrogens (primary N) is 1. The zero-order chi connectivity index (χ0) is 13.2. The van der Waals surface area contributed by atoms with Crippen molar-refractivity contribution in [1.82, 2.24) is 4.31 Å². The van der Waals surface area contributed by atoms with Gasteiger partial charge in [0, 0.05) is 19.6 Å². The van der Waals surface area contributed by atoms with Crippen molar-refractivity contribution in [2.75, 3.05) is 13.1 Å². The molecule has 0 aromatic carbocycles. The molecule has 2 rings (SSSR count). The summed E-state index contributed by atoms with van der Waals surface area (Å²) in [6, 6.07) is 1.70. The van der Waals surface area contributed by atoms with E-state index in [1.807, 2.05) is 5.38 Å². The predicted molar refractivity (Wildman–Crippen MR) is 74.0 cm³/mol. The summed E-state index contributed by atoms with van der Waals surface area (Å²) in [6.07, 6.45) is 3.15. The van der Waals surface area contributed by atoms with Crippen LogP contribution in [0.3, 0.4) is 0 Å². The topological polar surface area (TPSA) is 63.4 Å². The summed E-state index contributed by atoms with van der Waals surface area (Å²) >= 11 is 1.27. The zero-order valence-electron chi connectivity index (χ0n) is 10.6. The van der Waals surface area contributed by atoms with E-state index in [-0.39, 0.29) is 0 Å². The molecule has 102 valence electrons. The molecule has 0 amide bonds. The lowest BCUT2D eigenvalue weighted by Crippen LogP contribution is -2.39. The van der Waals surface area contributed by atoms with E-state index in [9.17, 15) is 8.42 Å². The number of thiophene rings is 1. The standard InChI is InChI=1S/C12H20N2O2S2/c1-2-10-4-3-5-14(8-10)18(15,16)12-6-11(7-13)9-17-12/h6,9-10H,2-5,7-8,13H2,1H3. The van der Waals surface area contributed by atoms with Crippen molar-refractivity contribution in [3.05, 3.63) is 17.0 Å². The highest BCUT2D eigenvalue weighted by molar-refractivity contribution is 7.91. The van der Waals surface area contributed by atoms with Gasteiger partial charge in [-0.2, -0.15) is 4.31 Å². The van der Waals surface area contributed by atoms with E-state index in [0.29, 0.717) is 29.8 Å². The lowest BCUT2D eigenvalue weighted by Gasteiger charge is -2.30. The van der Waals surface area contributed by atoms with Crippen LogP contribution in [0.5, 0.6) is 0 Å². The lowest BCUT2D eigenvalue weighted by atomic mass is 9.97. The van der Waals surface area contributed by atoms with Gasteiger partial charge in [-0.05, 0) is 35.8 Å². The average Bonchev–Trinajstić information content (AvgIpc) is 2.88. The number of rotatable bonds is 4. The predicted octanol–water partition coefficient (Wildman–Crippen LogP) is 2.02. The van der Waals surface area contributed by atoms with Crippen molar-refractivity contribution in [2.24, 2.45) is 11.7 Å². The molecule has 1 saturated heterocycles. The summed E-state index contributed by atoms with van der Waals surface area (Å²) in [4.78, 5) is 0. The van der Waals surface area contributed by atoms with Crippen molar-refractivity contribution in [1.29, 1.82) is 0 Å². The van der Waals surface area contributed by atoms with Gasteiger partial charge in [-0.3, -0.25) is 0 Å². The van der Waals surface area contributed by atoms with Gasteiger partial charge < -0.3 is 5.73 Å². The second kappa shape index (κ2) is 5.69. The number of hydrogen-bond acceptors (Lipinski definition) is 4. The van der Waals surface area contributed by atoms with Crippen molar-refractivity contribution in [2.45, 2.75) is 36.9 Å². The fourth-order valence-electron chi connectivity index (χ4n) is 2.30. The molecule has 0 bridgehead atoms. The minimum Gasteiger partial charge on any atom is -0.326 e. The van der Waals surface area contributed by atoms with Crippen LogP contribution in [0.25, 0.3) is 0 Å². The molecule has 0 aliphatic carbocycles. The lowest BCUT2D eigenvalue weighted by molar-refractivity contribution is 0.262. The maximum Gasteiger partial charge on any atom is 0.252 e. The smallest absolute Gasteiger partial charge is 0.252 e. The van der Waals surface area contributed by atoms with Crippen LogP contribution in [0.4, 0.5) is 0 Å². The highest BCUT2D eigenvalue weighted by atomic mass is 32.2. The molecule has 0 spiro atoms. The molecule has 2 heterocycles. The third kappa shape index (κ3) is 2.77. The van der Waals surface area contributed by atoms with Gasteiger partial charge in [0.2, 0.25) is 0 Å². The average molecular weight is 288 g/mol. The van der Waals surface area contributed by atoms with Crippen molar-refractivity contribution < 1.29 is 8.42 Å². The van der Waals surface area contributed by atoms with Gasteiger partial charge in [-0.15, -0.1) is 11.3 Å². The van der Waals surface area contributed by atoms with Crippen LogP contribution in [0.2, 0.25) is 0 Å². The molecule has 1 aliphatic heterocycles. The Bertz CT molecular complexity index is 496. The number of nitrogens with zero attached hydrogens (tertiary/aromatic N) is 1. The maximum absolute atomic E-state index is 12.5. The third-order valence-electron chi connectivity index (χ3n) is 3.52. The van der Waals surface area contributed by atoms with E-state index >= 15 is 0 Å². The summed E-state index contributed by atoms with van der Waals surface area (Å²) in [5.74, 6) is 0.502. The van der Waals surface area contributed by atoms with Gasteiger partial charge in [-0.1, -0.05) is 13.3 Å². The largest absolute Gasteiger partial charge is 0.326 e. The molecular weight excluding hydrogens is 268 g/mol. The van der Waals surface area contributed by atoms with E-state index in [0.717, 1.165) is 24.8 Å². The van der Waals surface area contributed by atoms with E-state index < -0.39 is 10.0 Å². The Hall–Kier alpha value is -0.430. The Morgan fingerprint density at radius 2 is 2.33 bits per heavy atom. The molecule has 0 radical (unpaired) electrons. The van der Waals surface area contributed by atoms with E-state index in [1.165, 1.54) is 11.3 Å². The molecule has 0 saturated carbocycles. The Labute approximate surface area is 113 Å². The second-order valence-corrected chi connectivity index (χ2v) is 7.83. The fraction of sp³-hybridized carbons (Fsp3) is 0.667. The van der Waals surface area contributed by atoms with Gasteiger partial charge in [0.15, 0.2) is 0 Å². The van der Waals surface area contributed by atoms with Crippen LogP contribution in [0.15, 0.2) is 15.7 Å². The Morgan fingerprint density at radius 3 is 2.94 bits per heavy atom. The van der Waals surface area contributed by atoms with Crippen LogP contribution < -0.4 is 5.73 Å². The summed E-state index contributed by atoms with van der Waals surface area (Å²) in [5, 5.41) is 1.83. The highest BCUT2D eigenvalue weighted by Crippen LogP contribution is 2.28. The number of hydrogen-bond donors (Lipinski definition) is 1. The van der Waals surface area contributed by atoms with E-state index in [2.05, 4.69) is 6.92 Å². The minimum atomic E-state index is -3.30. The number of piperidine rings is 1. The first kappa shape index (κ1) is 14.0. The molecule has 1 aromatic rings. The first-order valence-electron chi connectivity index (χ1n) is 6.35. The zero-order valence-corrected chi connectivity index (χ0v) is 12.3. The summed E-state index contributed by atoms with van der Waals surface area (Å²) in [7, 11) is -3.30. The molecule has 4 nitrogen and oxygen atoms in total. The molecule has 1 aliphatic rings. The van der Waals surface area contributed by atoms with E-state index in [1.54, 1.807) is 10.4 Å². The molecule has 6 heteroatoms. The third-order valence-corrected chi connectivity index (χ3v) is 6.85. The Morgan fingerprint density at radius 1 is 1.56 bits per heavy atom. The summed E-state index contributed by atoms with van der Waals surface area (Å²) < 4.78 is 27.0. The minimum absolute atomic E-state index is 0.392. The van der Waals surface area contributed by atoms with Crippen LogP contribution in [0.1, 0.15) is 31.7 Å². The second-order valence-electron chi connectivity index (χ2n) is 4.76. The molecular formula is C12H20N2O2S2. The highest BCUT2D eigenvalue weighted by Gasteiger charge is 2.30. The van der Waals surface area contributed by atoms with Crippen molar-refractivity contribution >= 4 is 21.4 Å². The fourth-order valence-corrected chi connectivity index (χ4v) is 5.23. The van der Waals surface area contributed by atoms with Gasteiger partial charge in [0.1, 0.15) is 4.21 Å². The van der Waals surface area contributed by atoms with Crippen LogP contribution >= 0.6 is 11.3 Å². The Balaban J connectivity index is 2.19. The first-order chi connectivity index (χ1) is 8.57. The normalized spacial score (nSPS) is 22.2. The molecule has 1 fully saturated rings. The van der Waals surface area contributed by atoms with Gasteiger partial charge >= 0.3 is 0 Å². The number of sulfonamides is 1. The van der Waals surface area contributed by atoms with Gasteiger partial charge in [0.05, 0.1) is 0 Å². The van der Waals surface area contributed by atoms with Crippen LogP contribution in [0, 0.1) is 5.92 Å². The van der Waals surface area contributed by atoms with Crippen LogP contribution in [-0.4, -0.2) is 25.8 Å². The maximum atomic E-state index is 12.5. The molecule has 1 unspecified atom stereocenters. The van der Waals surface area contributed by atoms with E-state index in [4.69, 9.17) is 5.73 Å². The molecule has 1 aromatic heterocycles. The van der Waals surface area contributed by atoms with Crippen molar-refractivity contribution in [3.8, 4) is 0 Å². The molecule has 18 heavy (non-hydrogen) atoms. The molecule has 1 atom stereocenters. The summed E-state index contributed by atoms with van der Waals surface area (Å²) in [6.45, 7) is 3.82. The van der Waals surface area contributed by atoms with Crippen molar-refractivity contribution in [3.63, 3.8) is 0 Å². The van der Waals surface area contributed by atoms with Gasteiger partial charge in [-0.25, -0.2) is 8.42 Å². The van der Waals surface area contributed by atoms with Crippen LogP contribution in [-0.2, 0) is 16.6 Å². The quantitative estimate of drug-likeness (QED) is 0.922. The van der Waals surface area contributed by atoms with Gasteiger partial charge in [0.25, 0.3) is 10.0 Å². The monoisotopic (exact) mass is 288 g/mol. The first-order valence-corrected chi connectivity index (χ1v) is 8.67.